The van der Waals surface area contributed by atoms with Gasteiger partial charge >= 0.3 is 11.8 Å². The Bertz CT molecular complexity index is 571. The lowest BCUT2D eigenvalue weighted by molar-refractivity contribution is -0.137. The van der Waals surface area contributed by atoms with Crippen molar-refractivity contribution in [3.05, 3.63) is 15.6 Å². The van der Waals surface area contributed by atoms with E-state index in [-0.39, 0.29) is 19.0 Å². The number of hydrogen-bond donors (Lipinski definition) is 3. The van der Waals surface area contributed by atoms with Crippen molar-refractivity contribution in [3.8, 4) is 0 Å². The van der Waals surface area contributed by atoms with E-state index in [0.29, 0.717) is 5.01 Å². The molecule has 0 fully saturated rings. The molecule has 0 unspecified atom stereocenters. The van der Waals surface area contributed by atoms with Crippen molar-refractivity contribution >= 4 is 29.1 Å². The lowest BCUT2D eigenvalue weighted by Crippen LogP contribution is -2.40. The van der Waals surface area contributed by atoms with Crippen LogP contribution in [0.3, 0.4) is 0 Å². The summed E-state index contributed by atoms with van der Waals surface area (Å²) in [7, 11) is 2.03. The molecule has 0 atom stereocenters. The summed E-state index contributed by atoms with van der Waals surface area (Å²) in [5, 5.41) is 5.36. The Morgan fingerprint density at radius 3 is 2.76 bits per heavy atom. The molecule has 0 saturated heterocycles. The number of likely N-dealkylation sites (N-methyl/N-ethyl adjacent to an activating group) is 1. The van der Waals surface area contributed by atoms with Crippen LogP contribution < -0.4 is 16.4 Å². The van der Waals surface area contributed by atoms with Crippen molar-refractivity contribution in [3.63, 3.8) is 0 Å². The summed E-state index contributed by atoms with van der Waals surface area (Å²) in [6, 6.07) is 0. The summed E-state index contributed by atoms with van der Waals surface area (Å²) in [5.74, 6) is -2.18. The van der Waals surface area contributed by atoms with Crippen LogP contribution in [0, 0.1) is 0 Å². The Morgan fingerprint density at radius 1 is 1.33 bits per heavy atom. The van der Waals surface area contributed by atoms with Crippen LogP contribution in [0.4, 0.5) is 0 Å². The maximum absolute atomic E-state index is 11.9. The zero-order chi connectivity index (χ0) is 15.4. The van der Waals surface area contributed by atoms with Crippen LogP contribution in [0.5, 0.6) is 0 Å². The van der Waals surface area contributed by atoms with Crippen LogP contribution in [0.15, 0.2) is 0 Å². The van der Waals surface area contributed by atoms with Gasteiger partial charge in [-0.05, 0) is 7.05 Å². The number of thiazole rings is 1. The quantitative estimate of drug-likeness (QED) is 0.460. The molecule has 3 amide bonds. The predicted octanol–water partition coefficient (Wildman–Crippen LogP) is -1.54. The summed E-state index contributed by atoms with van der Waals surface area (Å²) in [6.45, 7) is 2.11. The molecule has 114 valence electrons. The van der Waals surface area contributed by atoms with Gasteiger partial charge in [0.25, 0.3) is 5.91 Å². The number of amides is 3. The third-order valence-electron chi connectivity index (χ3n) is 3.04. The maximum Gasteiger partial charge on any atom is 0.309 e. The van der Waals surface area contributed by atoms with Crippen molar-refractivity contribution in [2.75, 3.05) is 26.7 Å². The number of nitrogens with one attached hydrogen (secondary N) is 2. The van der Waals surface area contributed by atoms with Gasteiger partial charge in [-0.25, -0.2) is 4.98 Å². The fraction of sp³-hybridized carbons (Fsp3) is 0.500. The number of carbonyl (C=O) groups excluding carboxylic acids is 3. The molecule has 0 radical (unpaired) electrons. The van der Waals surface area contributed by atoms with Crippen LogP contribution in [-0.2, 0) is 22.6 Å². The van der Waals surface area contributed by atoms with E-state index >= 15 is 0 Å². The summed E-state index contributed by atoms with van der Waals surface area (Å²) in [4.78, 5) is 41.0. The van der Waals surface area contributed by atoms with E-state index in [0.717, 1.165) is 30.1 Å². The zero-order valence-corrected chi connectivity index (χ0v) is 12.5. The Hall–Kier alpha value is -2.00. The van der Waals surface area contributed by atoms with E-state index in [9.17, 15) is 14.4 Å². The van der Waals surface area contributed by atoms with Gasteiger partial charge in [-0.1, -0.05) is 0 Å². The van der Waals surface area contributed by atoms with Gasteiger partial charge in [-0.3, -0.25) is 14.4 Å². The first-order valence-electron chi connectivity index (χ1n) is 6.50. The first kappa shape index (κ1) is 15.4. The van der Waals surface area contributed by atoms with Crippen LogP contribution in [0.2, 0.25) is 0 Å². The monoisotopic (exact) mass is 311 g/mol. The number of primary amides is 1. The molecule has 0 aliphatic carbocycles. The van der Waals surface area contributed by atoms with Gasteiger partial charge in [-0.2, -0.15) is 0 Å². The number of nitrogens with zero attached hydrogens (tertiary/aromatic N) is 2. The first-order chi connectivity index (χ1) is 9.97. The summed E-state index contributed by atoms with van der Waals surface area (Å²) in [5.41, 5.74) is 5.78. The molecule has 0 bridgehead atoms. The normalized spacial score (nSPS) is 14.3. The molecule has 8 nitrogen and oxygen atoms in total. The Morgan fingerprint density at radius 2 is 2.05 bits per heavy atom. The number of hydrogen-bond acceptors (Lipinski definition) is 6. The van der Waals surface area contributed by atoms with Crippen molar-refractivity contribution < 1.29 is 14.4 Å². The second-order valence-corrected chi connectivity index (χ2v) is 5.84. The molecule has 2 rings (SSSR count). The molecule has 4 N–H and O–H groups in total. The van der Waals surface area contributed by atoms with Gasteiger partial charge in [-0.15, -0.1) is 11.3 Å². The average Bonchev–Trinajstić information content (AvgIpc) is 2.85. The molecule has 1 aliphatic heterocycles. The highest BCUT2D eigenvalue weighted by Gasteiger charge is 2.21. The average molecular weight is 311 g/mol. The summed E-state index contributed by atoms with van der Waals surface area (Å²) >= 11 is 1.39. The van der Waals surface area contributed by atoms with E-state index in [1.807, 2.05) is 7.05 Å². The molecule has 0 spiro atoms. The molecule has 9 heteroatoms. The Kier molecular flexibility index (Phi) is 4.86. The predicted molar refractivity (Wildman–Crippen MR) is 76.7 cm³/mol. The summed E-state index contributed by atoms with van der Waals surface area (Å²) < 4.78 is 0. The van der Waals surface area contributed by atoms with Crippen molar-refractivity contribution in [2.45, 2.75) is 13.0 Å². The molecule has 1 aromatic rings. The van der Waals surface area contributed by atoms with E-state index < -0.39 is 11.8 Å². The zero-order valence-electron chi connectivity index (χ0n) is 11.6. The molecule has 1 aromatic heterocycles. The lowest BCUT2D eigenvalue weighted by Gasteiger charge is -2.20. The van der Waals surface area contributed by atoms with Crippen molar-refractivity contribution in [1.29, 1.82) is 0 Å². The topological polar surface area (TPSA) is 117 Å². The van der Waals surface area contributed by atoms with Gasteiger partial charge in [0.2, 0.25) is 0 Å². The second-order valence-electron chi connectivity index (χ2n) is 4.75. The highest BCUT2D eigenvalue weighted by atomic mass is 32.1. The van der Waals surface area contributed by atoms with E-state index in [4.69, 9.17) is 5.73 Å². The fourth-order valence-electron chi connectivity index (χ4n) is 1.94. The Labute approximate surface area is 125 Å². The minimum Gasteiger partial charge on any atom is -0.361 e. The van der Waals surface area contributed by atoms with Gasteiger partial charge in [0.05, 0.1) is 5.69 Å². The number of nitrogens with two attached hydrogens (primary N) is 1. The minimum absolute atomic E-state index is 0.140. The summed E-state index contributed by atoms with van der Waals surface area (Å²) in [6.07, 6.45) is 0.851. The second kappa shape index (κ2) is 6.64. The Balaban J connectivity index is 1.81. The molecular formula is C12H17N5O3S. The lowest BCUT2D eigenvalue weighted by atomic mass is 10.2. The highest BCUT2D eigenvalue weighted by molar-refractivity contribution is 7.13. The third-order valence-corrected chi connectivity index (χ3v) is 4.12. The molecule has 1 aliphatic rings. The van der Waals surface area contributed by atoms with Crippen LogP contribution in [0.25, 0.3) is 0 Å². The maximum atomic E-state index is 11.9. The SMILES string of the molecule is CN1CCc2nc(C(=O)NCCNC(=O)C(N)=O)sc2C1. The molecule has 0 aromatic carbocycles. The van der Waals surface area contributed by atoms with Gasteiger partial charge in [0.1, 0.15) is 0 Å². The van der Waals surface area contributed by atoms with E-state index in [1.54, 1.807) is 0 Å². The van der Waals surface area contributed by atoms with Crippen LogP contribution >= 0.6 is 11.3 Å². The standard InChI is InChI=1S/C12H17N5O3S/c1-17-5-2-7-8(6-17)21-12(16-7)11(20)15-4-3-14-10(19)9(13)18/h2-6H2,1H3,(H2,13,18)(H,14,19)(H,15,20). The third kappa shape index (κ3) is 3.99. The highest BCUT2D eigenvalue weighted by Crippen LogP contribution is 2.24. The fourth-order valence-corrected chi connectivity index (χ4v) is 3.04. The van der Waals surface area contributed by atoms with E-state index in [1.165, 1.54) is 11.3 Å². The van der Waals surface area contributed by atoms with Gasteiger partial charge < -0.3 is 21.3 Å². The van der Waals surface area contributed by atoms with Crippen molar-refractivity contribution in [1.82, 2.24) is 20.5 Å². The van der Waals surface area contributed by atoms with E-state index in [2.05, 4.69) is 20.5 Å². The van der Waals surface area contributed by atoms with Crippen LogP contribution in [-0.4, -0.2) is 54.3 Å². The minimum atomic E-state index is -1.04. The largest absolute Gasteiger partial charge is 0.361 e. The smallest absolute Gasteiger partial charge is 0.309 e. The molecule has 21 heavy (non-hydrogen) atoms. The first-order valence-corrected chi connectivity index (χ1v) is 7.32. The molecular weight excluding hydrogens is 294 g/mol. The van der Waals surface area contributed by atoms with Gasteiger partial charge in [0, 0.05) is 37.5 Å². The van der Waals surface area contributed by atoms with Crippen LogP contribution in [0.1, 0.15) is 20.4 Å². The number of carbonyl (C=O) groups is 3. The number of fused-ring (bicyclic) bond motifs is 1. The number of rotatable bonds is 4. The molecule has 0 saturated carbocycles. The number of aromatic nitrogens is 1. The van der Waals surface area contributed by atoms with Gasteiger partial charge in [0.15, 0.2) is 5.01 Å². The van der Waals surface area contributed by atoms with Crippen molar-refractivity contribution in [2.24, 2.45) is 5.73 Å². The molecule has 2 heterocycles.